The molecule has 0 bridgehead atoms. The lowest BCUT2D eigenvalue weighted by molar-refractivity contribution is 1.19. The minimum atomic E-state index is 0.438. The highest BCUT2D eigenvalue weighted by molar-refractivity contribution is 5.40. The van der Waals surface area contributed by atoms with Crippen LogP contribution in [0.1, 0.15) is 16.7 Å². The highest BCUT2D eigenvalue weighted by Crippen LogP contribution is 2.15. The van der Waals surface area contributed by atoms with Gasteiger partial charge in [-0.05, 0) is 47.0 Å². The number of rotatable bonds is 3. The number of hydrogen-bond donors (Lipinski definition) is 0. The van der Waals surface area contributed by atoms with E-state index in [1.807, 2.05) is 24.3 Å². The van der Waals surface area contributed by atoms with Gasteiger partial charge in [-0.2, -0.15) is 5.26 Å². The van der Waals surface area contributed by atoms with Gasteiger partial charge < -0.3 is 0 Å². The van der Waals surface area contributed by atoms with Crippen LogP contribution >= 0.6 is 0 Å². The van der Waals surface area contributed by atoms with Crippen molar-refractivity contribution >= 4 is 5.69 Å². The molecule has 0 unspecified atom stereocenters. The fraction of sp³-hybridized carbons (Fsp3) is 0.0714. The first-order chi connectivity index (χ1) is 8.31. The maximum absolute atomic E-state index is 10.3. The summed E-state index contributed by atoms with van der Waals surface area (Å²) in [5, 5.41) is 11.5. The molecule has 0 saturated carbocycles. The van der Waals surface area contributed by atoms with Gasteiger partial charge in [-0.3, -0.25) is 0 Å². The molecule has 0 aliphatic rings. The fourth-order valence-electron chi connectivity index (χ4n) is 1.61. The van der Waals surface area contributed by atoms with Crippen molar-refractivity contribution in [2.24, 2.45) is 5.18 Å². The summed E-state index contributed by atoms with van der Waals surface area (Å²) in [4.78, 5) is 10.3. The van der Waals surface area contributed by atoms with Crippen LogP contribution in [0, 0.1) is 16.2 Å². The second-order valence-corrected chi connectivity index (χ2v) is 3.74. The van der Waals surface area contributed by atoms with Gasteiger partial charge in [-0.1, -0.05) is 24.3 Å². The van der Waals surface area contributed by atoms with E-state index in [0.717, 1.165) is 17.5 Å². The Balaban J connectivity index is 2.14. The van der Waals surface area contributed by atoms with Crippen molar-refractivity contribution < 1.29 is 0 Å². The minimum Gasteiger partial charge on any atom is -0.192 e. The molecule has 0 spiro atoms. The lowest BCUT2D eigenvalue weighted by atomic mass is 10.0. The Labute approximate surface area is 99.3 Å². The van der Waals surface area contributed by atoms with E-state index in [0.29, 0.717) is 11.3 Å². The Hall–Kier alpha value is -2.47. The first-order valence-electron chi connectivity index (χ1n) is 5.23. The van der Waals surface area contributed by atoms with Crippen molar-refractivity contribution in [3.05, 3.63) is 70.1 Å². The maximum Gasteiger partial charge on any atom is 0.108 e. The number of benzene rings is 2. The third-order valence-corrected chi connectivity index (χ3v) is 2.53. The van der Waals surface area contributed by atoms with Gasteiger partial charge in [0.25, 0.3) is 0 Å². The Morgan fingerprint density at radius 3 is 1.94 bits per heavy atom. The van der Waals surface area contributed by atoms with Gasteiger partial charge in [0.1, 0.15) is 5.69 Å². The third kappa shape index (κ3) is 2.76. The molecule has 17 heavy (non-hydrogen) atoms. The Morgan fingerprint density at radius 1 is 0.941 bits per heavy atom. The monoisotopic (exact) mass is 222 g/mol. The van der Waals surface area contributed by atoms with E-state index in [1.165, 1.54) is 0 Å². The average molecular weight is 222 g/mol. The van der Waals surface area contributed by atoms with E-state index in [2.05, 4.69) is 11.2 Å². The van der Waals surface area contributed by atoms with Crippen molar-refractivity contribution in [3.63, 3.8) is 0 Å². The summed E-state index contributed by atoms with van der Waals surface area (Å²) in [5.41, 5.74) is 3.35. The van der Waals surface area contributed by atoms with E-state index < -0.39 is 0 Å². The van der Waals surface area contributed by atoms with Crippen LogP contribution in [-0.2, 0) is 6.42 Å². The van der Waals surface area contributed by atoms with Gasteiger partial charge in [0.2, 0.25) is 0 Å². The Morgan fingerprint density at radius 2 is 1.47 bits per heavy atom. The van der Waals surface area contributed by atoms with Crippen molar-refractivity contribution in [1.29, 1.82) is 5.26 Å². The smallest absolute Gasteiger partial charge is 0.108 e. The molecule has 82 valence electrons. The van der Waals surface area contributed by atoms with Crippen LogP contribution in [0.4, 0.5) is 5.69 Å². The van der Waals surface area contributed by atoms with Crippen molar-refractivity contribution in [1.82, 2.24) is 0 Å². The zero-order valence-corrected chi connectivity index (χ0v) is 9.13. The predicted molar refractivity (Wildman–Crippen MR) is 65.9 cm³/mol. The fourth-order valence-corrected chi connectivity index (χ4v) is 1.61. The first kappa shape index (κ1) is 11.0. The quantitative estimate of drug-likeness (QED) is 0.745. The predicted octanol–water partition coefficient (Wildman–Crippen LogP) is 3.55. The second-order valence-electron chi connectivity index (χ2n) is 3.74. The molecule has 2 aromatic rings. The molecule has 2 aromatic carbocycles. The lowest BCUT2D eigenvalue weighted by Gasteiger charge is -2.01. The summed E-state index contributed by atoms with van der Waals surface area (Å²) in [6.07, 6.45) is 0.783. The number of hydrogen-bond acceptors (Lipinski definition) is 3. The lowest BCUT2D eigenvalue weighted by Crippen LogP contribution is -1.87. The average Bonchev–Trinajstić information content (AvgIpc) is 2.40. The topological polar surface area (TPSA) is 53.2 Å². The molecule has 2 rings (SSSR count). The molecule has 0 saturated heterocycles. The third-order valence-electron chi connectivity index (χ3n) is 2.53. The zero-order chi connectivity index (χ0) is 12.1. The summed E-state index contributed by atoms with van der Waals surface area (Å²) in [6.45, 7) is 0. The van der Waals surface area contributed by atoms with Crippen molar-refractivity contribution in [2.75, 3.05) is 0 Å². The maximum atomic E-state index is 10.3. The molecule has 0 radical (unpaired) electrons. The molecule has 0 aliphatic heterocycles. The van der Waals surface area contributed by atoms with Gasteiger partial charge in [-0.25, -0.2) is 0 Å². The first-order valence-corrected chi connectivity index (χ1v) is 5.23. The summed E-state index contributed by atoms with van der Waals surface area (Å²) < 4.78 is 0. The molecule has 0 heterocycles. The molecule has 3 nitrogen and oxygen atoms in total. The summed E-state index contributed by atoms with van der Waals surface area (Å²) in [6, 6.07) is 16.7. The van der Waals surface area contributed by atoms with Crippen molar-refractivity contribution in [2.45, 2.75) is 6.42 Å². The molecule has 0 fully saturated rings. The molecule has 0 aromatic heterocycles. The van der Waals surface area contributed by atoms with Crippen molar-refractivity contribution in [3.8, 4) is 6.07 Å². The molecule has 3 heteroatoms. The molecular formula is C14H10N2O. The van der Waals surface area contributed by atoms with Crippen LogP contribution < -0.4 is 0 Å². The van der Waals surface area contributed by atoms with Crippen LogP contribution in [0.15, 0.2) is 53.7 Å². The van der Waals surface area contributed by atoms with Gasteiger partial charge >= 0.3 is 0 Å². The van der Waals surface area contributed by atoms with Crippen LogP contribution in [0.25, 0.3) is 0 Å². The van der Waals surface area contributed by atoms with Crippen LogP contribution in [-0.4, -0.2) is 0 Å². The highest BCUT2D eigenvalue weighted by Gasteiger charge is 1.98. The minimum absolute atomic E-state index is 0.438. The van der Waals surface area contributed by atoms with Crippen LogP contribution in [0.2, 0.25) is 0 Å². The van der Waals surface area contributed by atoms with E-state index in [4.69, 9.17) is 5.26 Å². The molecule has 0 atom stereocenters. The van der Waals surface area contributed by atoms with Crippen LogP contribution in [0.3, 0.4) is 0 Å². The molecule has 0 aliphatic carbocycles. The SMILES string of the molecule is N#Cc1ccc(Cc2ccc(N=O)cc2)cc1. The summed E-state index contributed by atoms with van der Waals surface area (Å²) >= 11 is 0. The summed E-state index contributed by atoms with van der Waals surface area (Å²) in [7, 11) is 0. The van der Waals surface area contributed by atoms with E-state index in [1.54, 1.807) is 24.3 Å². The molecule has 0 amide bonds. The number of nitrogens with zero attached hydrogens (tertiary/aromatic N) is 2. The Kier molecular flexibility index (Phi) is 3.27. The summed E-state index contributed by atoms with van der Waals surface area (Å²) in [5.74, 6) is 0. The standard InChI is InChI=1S/C14H10N2O/c15-10-13-3-1-11(2-4-13)9-12-5-7-14(16-17)8-6-12/h1-8H,9H2. The highest BCUT2D eigenvalue weighted by atomic mass is 16.3. The van der Waals surface area contributed by atoms with Crippen LogP contribution in [0.5, 0.6) is 0 Å². The van der Waals surface area contributed by atoms with Gasteiger partial charge in [-0.15, -0.1) is 4.91 Å². The van der Waals surface area contributed by atoms with E-state index in [-0.39, 0.29) is 0 Å². The number of nitroso groups, excluding NO2 is 1. The normalized spacial score (nSPS) is 9.59. The van der Waals surface area contributed by atoms with E-state index in [9.17, 15) is 4.91 Å². The van der Waals surface area contributed by atoms with Gasteiger partial charge in [0, 0.05) is 0 Å². The van der Waals surface area contributed by atoms with Gasteiger partial charge in [0.05, 0.1) is 11.6 Å². The Bertz CT molecular complexity index is 550. The van der Waals surface area contributed by atoms with E-state index >= 15 is 0 Å². The zero-order valence-electron chi connectivity index (χ0n) is 9.13. The molecular weight excluding hydrogens is 212 g/mol. The largest absolute Gasteiger partial charge is 0.192 e. The molecule has 0 N–H and O–H groups in total. The second kappa shape index (κ2) is 5.04. The van der Waals surface area contributed by atoms with Gasteiger partial charge in [0.15, 0.2) is 0 Å². The number of nitriles is 1.